The van der Waals surface area contributed by atoms with Gasteiger partial charge >= 0.3 is 0 Å². The molecule has 0 saturated carbocycles. The SMILES string of the molecule is CC1(C)CC(n2ccnc2C#N)C(C)(C)O1. The predicted octanol–water partition coefficient (Wildman–Crippen LogP) is 2.27. The van der Waals surface area contributed by atoms with Crippen LogP contribution in [0.4, 0.5) is 0 Å². The summed E-state index contributed by atoms with van der Waals surface area (Å²) in [4.78, 5) is 4.04. The van der Waals surface area contributed by atoms with Gasteiger partial charge in [-0.1, -0.05) is 0 Å². The molecule has 0 N–H and O–H groups in total. The normalized spacial score (nSPS) is 26.6. The molecule has 0 radical (unpaired) electrons. The fraction of sp³-hybridized carbons (Fsp3) is 0.667. The van der Waals surface area contributed by atoms with Crippen LogP contribution in [0.15, 0.2) is 12.4 Å². The highest BCUT2D eigenvalue weighted by Crippen LogP contribution is 2.45. The Hall–Kier alpha value is -1.34. The Kier molecular flexibility index (Phi) is 2.32. The number of hydrogen-bond donors (Lipinski definition) is 0. The lowest BCUT2D eigenvalue weighted by atomic mass is 9.94. The van der Waals surface area contributed by atoms with E-state index in [1.54, 1.807) is 6.20 Å². The predicted molar refractivity (Wildman–Crippen MR) is 59.8 cm³/mol. The van der Waals surface area contributed by atoms with Crippen LogP contribution in [-0.4, -0.2) is 20.8 Å². The van der Waals surface area contributed by atoms with Crippen molar-refractivity contribution in [3.05, 3.63) is 18.2 Å². The van der Waals surface area contributed by atoms with Crippen molar-refractivity contribution in [3.8, 4) is 6.07 Å². The first kappa shape index (κ1) is 11.2. The Labute approximate surface area is 95.9 Å². The third-order valence-electron chi connectivity index (χ3n) is 3.13. The van der Waals surface area contributed by atoms with Gasteiger partial charge in [0.25, 0.3) is 0 Å². The summed E-state index contributed by atoms with van der Waals surface area (Å²) in [7, 11) is 0. The molecular weight excluding hydrogens is 202 g/mol. The molecular formula is C12H17N3O. The molecule has 1 atom stereocenters. The van der Waals surface area contributed by atoms with Crippen molar-refractivity contribution in [1.82, 2.24) is 9.55 Å². The second-order valence-corrected chi connectivity index (χ2v) is 5.46. The second-order valence-electron chi connectivity index (χ2n) is 5.46. The number of nitriles is 1. The zero-order valence-corrected chi connectivity index (χ0v) is 10.2. The van der Waals surface area contributed by atoms with Crippen molar-refractivity contribution in [2.45, 2.75) is 51.4 Å². The maximum atomic E-state index is 8.99. The van der Waals surface area contributed by atoms with Crippen LogP contribution in [0.2, 0.25) is 0 Å². The summed E-state index contributed by atoms with van der Waals surface area (Å²) in [6.07, 6.45) is 4.42. The van der Waals surface area contributed by atoms with Gasteiger partial charge in [0, 0.05) is 12.4 Å². The van der Waals surface area contributed by atoms with Crippen LogP contribution < -0.4 is 0 Å². The Balaban J connectivity index is 2.39. The smallest absolute Gasteiger partial charge is 0.213 e. The lowest BCUT2D eigenvalue weighted by molar-refractivity contribution is -0.0729. The van der Waals surface area contributed by atoms with Gasteiger partial charge in [-0.05, 0) is 34.1 Å². The van der Waals surface area contributed by atoms with E-state index in [0.29, 0.717) is 5.82 Å². The molecule has 0 spiro atoms. The van der Waals surface area contributed by atoms with E-state index in [4.69, 9.17) is 10.00 Å². The molecule has 16 heavy (non-hydrogen) atoms. The maximum Gasteiger partial charge on any atom is 0.213 e. The average Bonchev–Trinajstić information content (AvgIpc) is 2.66. The molecule has 0 aromatic carbocycles. The highest BCUT2D eigenvalue weighted by molar-refractivity contribution is 5.15. The van der Waals surface area contributed by atoms with Gasteiger partial charge in [-0.3, -0.25) is 0 Å². The fourth-order valence-corrected chi connectivity index (χ4v) is 2.62. The topological polar surface area (TPSA) is 50.8 Å². The van der Waals surface area contributed by atoms with Crippen molar-refractivity contribution in [3.63, 3.8) is 0 Å². The molecule has 86 valence electrons. The van der Waals surface area contributed by atoms with Crippen LogP contribution in [0.3, 0.4) is 0 Å². The highest BCUT2D eigenvalue weighted by atomic mass is 16.5. The molecule has 0 bridgehead atoms. The summed E-state index contributed by atoms with van der Waals surface area (Å²) in [5.41, 5.74) is -0.416. The summed E-state index contributed by atoms with van der Waals surface area (Å²) in [5.74, 6) is 0.458. The van der Waals surface area contributed by atoms with Crippen molar-refractivity contribution in [1.29, 1.82) is 5.26 Å². The fourth-order valence-electron chi connectivity index (χ4n) is 2.62. The molecule has 2 heterocycles. The first-order valence-corrected chi connectivity index (χ1v) is 5.49. The zero-order chi connectivity index (χ0) is 12.0. The first-order chi connectivity index (χ1) is 7.36. The first-order valence-electron chi connectivity index (χ1n) is 5.49. The van der Waals surface area contributed by atoms with Gasteiger partial charge in [-0.2, -0.15) is 5.26 Å². The molecule has 2 rings (SSSR count). The zero-order valence-electron chi connectivity index (χ0n) is 10.2. The van der Waals surface area contributed by atoms with Gasteiger partial charge < -0.3 is 9.30 Å². The van der Waals surface area contributed by atoms with Gasteiger partial charge in [-0.25, -0.2) is 4.98 Å². The lowest BCUT2D eigenvalue weighted by Crippen LogP contribution is -2.31. The number of imidazole rings is 1. The van der Waals surface area contributed by atoms with Gasteiger partial charge in [0.2, 0.25) is 5.82 Å². The van der Waals surface area contributed by atoms with Crippen LogP contribution in [0.25, 0.3) is 0 Å². The number of hydrogen-bond acceptors (Lipinski definition) is 3. The quantitative estimate of drug-likeness (QED) is 0.728. The minimum absolute atomic E-state index is 0.148. The Bertz CT molecular complexity index is 439. The average molecular weight is 219 g/mol. The molecule has 1 saturated heterocycles. The van der Waals surface area contributed by atoms with E-state index in [0.717, 1.165) is 6.42 Å². The lowest BCUT2D eigenvalue weighted by Gasteiger charge is -2.28. The summed E-state index contributed by atoms with van der Waals surface area (Å²) < 4.78 is 7.94. The summed E-state index contributed by atoms with van der Waals surface area (Å²) in [6, 6.07) is 2.28. The molecule has 0 aliphatic carbocycles. The minimum Gasteiger partial charge on any atom is -0.367 e. The van der Waals surface area contributed by atoms with E-state index in [2.05, 4.69) is 38.7 Å². The molecule has 1 unspecified atom stereocenters. The Morgan fingerprint density at radius 1 is 1.50 bits per heavy atom. The monoisotopic (exact) mass is 219 g/mol. The number of rotatable bonds is 1. The van der Waals surface area contributed by atoms with E-state index >= 15 is 0 Å². The number of nitrogens with zero attached hydrogens (tertiary/aromatic N) is 3. The standard InChI is InChI=1S/C12H17N3O/c1-11(2)7-9(12(3,4)16-11)15-6-5-14-10(15)8-13/h5-6,9H,7H2,1-4H3. The van der Waals surface area contributed by atoms with Gasteiger partial charge in [0.15, 0.2) is 0 Å². The van der Waals surface area contributed by atoms with Gasteiger partial charge in [-0.15, -0.1) is 0 Å². The molecule has 1 fully saturated rings. The largest absolute Gasteiger partial charge is 0.367 e. The van der Waals surface area contributed by atoms with E-state index in [9.17, 15) is 0 Å². The summed E-state index contributed by atoms with van der Waals surface area (Å²) in [5, 5.41) is 8.99. The van der Waals surface area contributed by atoms with Crippen molar-refractivity contribution >= 4 is 0 Å². The van der Waals surface area contributed by atoms with E-state index in [1.807, 2.05) is 10.8 Å². The molecule has 1 aliphatic heterocycles. The molecule has 4 nitrogen and oxygen atoms in total. The van der Waals surface area contributed by atoms with Crippen LogP contribution in [0.5, 0.6) is 0 Å². The second kappa shape index (κ2) is 3.33. The van der Waals surface area contributed by atoms with E-state index in [1.165, 1.54) is 0 Å². The molecule has 0 amide bonds. The van der Waals surface area contributed by atoms with Gasteiger partial charge in [0.05, 0.1) is 17.2 Å². The number of ether oxygens (including phenoxy) is 1. The maximum absolute atomic E-state index is 8.99. The molecule has 4 heteroatoms. The van der Waals surface area contributed by atoms with Crippen molar-refractivity contribution < 1.29 is 4.74 Å². The van der Waals surface area contributed by atoms with Crippen LogP contribution in [0.1, 0.15) is 46.0 Å². The third kappa shape index (κ3) is 1.72. The molecule has 1 aromatic rings. The minimum atomic E-state index is -0.268. The van der Waals surface area contributed by atoms with Crippen LogP contribution in [-0.2, 0) is 4.74 Å². The van der Waals surface area contributed by atoms with Gasteiger partial charge in [0.1, 0.15) is 6.07 Å². The summed E-state index contributed by atoms with van der Waals surface area (Å²) in [6.45, 7) is 8.29. The number of aromatic nitrogens is 2. The van der Waals surface area contributed by atoms with E-state index in [-0.39, 0.29) is 17.2 Å². The van der Waals surface area contributed by atoms with Crippen molar-refractivity contribution in [2.75, 3.05) is 0 Å². The Morgan fingerprint density at radius 3 is 2.69 bits per heavy atom. The highest BCUT2D eigenvalue weighted by Gasteiger charge is 2.47. The van der Waals surface area contributed by atoms with E-state index < -0.39 is 0 Å². The third-order valence-corrected chi connectivity index (χ3v) is 3.13. The van der Waals surface area contributed by atoms with Crippen LogP contribution in [0, 0.1) is 11.3 Å². The Morgan fingerprint density at radius 2 is 2.19 bits per heavy atom. The summed E-state index contributed by atoms with van der Waals surface area (Å²) >= 11 is 0. The van der Waals surface area contributed by atoms with Crippen molar-refractivity contribution in [2.24, 2.45) is 0 Å². The molecule has 1 aromatic heterocycles. The molecule has 1 aliphatic rings. The van der Waals surface area contributed by atoms with Crippen LogP contribution >= 0.6 is 0 Å².